The summed E-state index contributed by atoms with van der Waals surface area (Å²) in [6, 6.07) is 0.120. The van der Waals surface area contributed by atoms with Crippen LogP contribution in [-0.2, 0) is 15.0 Å². The Hall–Kier alpha value is -0.650. The minimum Gasteiger partial charge on any atom is -0.340 e. The molecule has 2 atom stereocenters. The van der Waals surface area contributed by atoms with E-state index in [1.165, 1.54) is 0 Å². The van der Waals surface area contributed by atoms with Crippen molar-refractivity contribution in [3.8, 4) is 0 Å². The molecular formula is C11H20FNO3S. The highest BCUT2D eigenvalue weighted by Crippen LogP contribution is 2.23. The SMILES string of the molecule is CCCCC(C)N1CC(CS(=O)(=O)F)CC1=O. The molecule has 6 heteroatoms. The Morgan fingerprint density at radius 2 is 2.18 bits per heavy atom. The summed E-state index contributed by atoms with van der Waals surface area (Å²) in [6.45, 7) is 4.41. The van der Waals surface area contributed by atoms with Gasteiger partial charge in [-0.15, -0.1) is 3.89 Å². The van der Waals surface area contributed by atoms with Crippen LogP contribution in [0.5, 0.6) is 0 Å². The smallest absolute Gasteiger partial charge is 0.302 e. The molecule has 0 spiro atoms. The molecule has 0 N–H and O–H groups in total. The van der Waals surface area contributed by atoms with Gasteiger partial charge in [0.25, 0.3) is 0 Å². The zero-order valence-electron chi connectivity index (χ0n) is 10.4. The van der Waals surface area contributed by atoms with Crippen LogP contribution in [0.2, 0.25) is 0 Å². The van der Waals surface area contributed by atoms with Crippen LogP contribution in [0.25, 0.3) is 0 Å². The highest BCUT2D eigenvalue weighted by molar-refractivity contribution is 7.86. The molecule has 1 fully saturated rings. The van der Waals surface area contributed by atoms with Crippen molar-refractivity contribution in [3.63, 3.8) is 0 Å². The van der Waals surface area contributed by atoms with Gasteiger partial charge in [0, 0.05) is 24.9 Å². The van der Waals surface area contributed by atoms with E-state index in [0.717, 1.165) is 19.3 Å². The molecule has 100 valence electrons. The lowest BCUT2D eigenvalue weighted by Gasteiger charge is -2.24. The highest BCUT2D eigenvalue weighted by Gasteiger charge is 2.34. The third-order valence-electron chi connectivity index (χ3n) is 3.18. The molecule has 1 heterocycles. The predicted octanol–water partition coefficient (Wildman–Crippen LogP) is 1.71. The standard InChI is InChI=1S/C11H20FNO3S/c1-3-4-5-9(2)13-7-10(6-11(13)14)8-17(12,15)16/h9-10H,3-8H2,1-2H3. The lowest BCUT2D eigenvalue weighted by Crippen LogP contribution is -2.34. The van der Waals surface area contributed by atoms with Gasteiger partial charge in [0.1, 0.15) is 0 Å². The summed E-state index contributed by atoms with van der Waals surface area (Å²) in [5.41, 5.74) is 0. The summed E-state index contributed by atoms with van der Waals surface area (Å²) in [5, 5.41) is 0. The number of carbonyl (C=O) groups is 1. The number of halogens is 1. The number of nitrogens with zero attached hydrogens (tertiary/aromatic N) is 1. The number of hydrogen-bond donors (Lipinski definition) is 0. The Morgan fingerprint density at radius 1 is 1.53 bits per heavy atom. The van der Waals surface area contributed by atoms with Gasteiger partial charge in [-0.1, -0.05) is 19.8 Å². The average Bonchev–Trinajstić information content (AvgIpc) is 2.53. The Labute approximate surface area is 102 Å². The fourth-order valence-corrected chi connectivity index (χ4v) is 3.07. The van der Waals surface area contributed by atoms with E-state index in [2.05, 4.69) is 6.92 Å². The van der Waals surface area contributed by atoms with Crippen molar-refractivity contribution in [2.24, 2.45) is 5.92 Å². The number of carbonyl (C=O) groups excluding carboxylic acids is 1. The number of rotatable bonds is 6. The second kappa shape index (κ2) is 5.80. The van der Waals surface area contributed by atoms with Crippen molar-refractivity contribution in [1.82, 2.24) is 4.90 Å². The van der Waals surface area contributed by atoms with Crippen LogP contribution in [0.15, 0.2) is 0 Å². The van der Waals surface area contributed by atoms with Gasteiger partial charge in [-0.25, -0.2) is 0 Å². The van der Waals surface area contributed by atoms with Crippen molar-refractivity contribution in [2.75, 3.05) is 12.3 Å². The van der Waals surface area contributed by atoms with Crippen molar-refractivity contribution in [3.05, 3.63) is 0 Å². The zero-order chi connectivity index (χ0) is 13.1. The van der Waals surface area contributed by atoms with Crippen molar-refractivity contribution in [1.29, 1.82) is 0 Å². The first-order chi connectivity index (χ1) is 7.83. The summed E-state index contributed by atoms with van der Waals surface area (Å²) in [5.74, 6) is -0.973. The van der Waals surface area contributed by atoms with Gasteiger partial charge < -0.3 is 4.90 Å². The van der Waals surface area contributed by atoms with E-state index in [-0.39, 0.29) is 24.3 Å². The highest BCUT2D eigenvalue weighted by atomic mass is 32.3. The van der Waals surface area contributed by atoms with E-state index < -0.39 is 16.0 Å². The summed E-state index contributed by atoms with van der Waals surface area (Å²) in [6.07, 6.45) is 3.17. The molecule has 4 nitrogen and oxygen atoms in total. The maximum atomic E-state index is 12.5. The lowest BCUT2D eigenvalue weighted by molar-refractivity contribution is -0.129. The molecule has 1 amide bonds. The lowest BCUT2D eigenvalue weighted by atomic mass is 10.1. The maximum absolute atomic E-state index is 12.5. The predicted molar refractivity (Wildman–Crippen MR) is 63.7 cm³/mol. The molecule has 1 aliphatic rings. The molecular weight excluding hydrogens is 245 g/mol. The van der Waals surface area contributed by atoms with Crippen LogP contribution in [0.4, 0.5) is 3.89 Å². The van der Waals surface area contributed by atoms with E-state index >= 15 is 0 Å². The molecule has 0 aliphatic carbocycles. The van der Waals surface area contributed by atoms with E-state index in [0.29, 0.717) is 6.54 Å². The monoisotopic (exact) mass is 265 g/mol. The van der Waals surface area contributed by atoms with Crippen molar-refractivity contribution < 1.29 is 17.1 Å². The Balaban J connectivity index is 2.52. The Kier molecular flexibility index (Phi) is 4.91. The topological polar surface area (TPSA) is 54.5 Å². The molecule has 1 rings (SSSR count). The van der Waals surface area contributed by atoms with Crippen molar-refractivity contribution in [2.45, 2.75) is 45.6 Å². The van der Waals surface area contributed by atoms with Crippen molar-refractivity contribution >= 4 is 16.1 Å². The number of likely N-dealkylation sites (tertiary alicyclic amines) is 1. The normalized spacial score (nSPS) is 23.1. The molecule has 0 aromatic rings. The zero-order valence-corrected chi connectivity index (χ0v) is 11.2. The minimum absolute atomic E-state index is 0.0535. The van der Waals surface area contributed by atoms with Crippen LogP contribution in [0, 0.1) is 5.92 Å². The van der Waals surface area contributed by atoms with Gasteiger partial charge in [-0.2, -0.15) is 8.42 Å². The van der Waals surface area contributed by atoms with Crippen LogP contribution in [0.1, 0.15) is 39.5 Å². The van der Waals surface area contributed by atoms with E-state index in [9.17, 15) is 17.1 Å². The molecule has 1 aliphatic heterocycles. The van der Waals surface area contributed by atoms with Gasteiger partial charge in [0.2, 0.25) is 5.91 Å². The Bertz CT molecular complexity index is 369. The third-order valence-corrected chi connectivity index (χ3v) is 4.05. The van der Waals surface area contributed by atoms with Crippen LogP contribution in [0.3, 0.4) is 0 Å². The second-order valence-electron chi connectivity index (χ2n) is 4.81. The second-order valence-corrected chi connectivity index (χ2v) is 6.22. The first-order valence-corrected chi connectivity index (χ1v) is 7.60. The minimum atomic E-state index is -4.48. The largest absolute Gasteiger partial charge is 0.340 e. The number of amides is 1. The van der Waals surface area contributed by atoms with Crippen LogP contribution >= 0.6 is 0 Å². The molecule has 1 saturated heterocycles. The summed E-state index contributed by atoms with van der Waals surface area (Å²) in [4.78, 5) is 13.4. The molecule has 0 radical (unpaired) electrons. The number of unbranched alkanes of at least 4 members (excludes halogenated alkanes) is 1. The fraction of sp³-hybridized carbons (Fsp3) is 0.909. The first-order valence-electron chi connectivity index (χ1n) is 6.05. The van der Waals surface area contributed by atoms with Crippen LogP contribution < -0.4 is 0 Å². The van der Waals surface area contributed by atoms with E-state index in [1.54, 1.807) is 4.90 Å². The van der Waals surface area contributed by atoms with Gasteiger partial charge in [0.05, 0.1) is 5.75 Å². The molecule has 0 aromatic carbocycles. The summed E-state index contributed by atoms with van der Waals surface area (Å²) >= 11 is 0. The molecule has 0 saturated carbocycles. The molecule has 17 heavy (non-hydrogen) atoms. The fourth-order valence-electron chi connectivity index (χ4n) is 2.28. The molecule has 0 aromatic heterocycles. The van der Waals surface area contributed by atoms with E-state index in [1.807, 2.05) is 6.92 Å². The summed E-state index contributed by atoms with van der Waals surface area (Å²) < 4.78 is 33.6. The van der Waals surface area contributed by atoms with Gasteiger partial charge in [-0.05, 0) is 13.3 Å². The van der Waals surface area contributed by atoms with E-state index in [4.69, 9.17) is 0 Å². The maximum Gasteiger partial charge on any atom is 0.302 e. The molecule has 0 bridgehead atoms. The third kappa shape index (κ3) is 4.61. The molecule has 2 unspecified atom stereocenters. The average molecular weight is 265 g/mol. The quantitative estimate of drug-likeness (QED) is 0.687. The van der Waals surface area contributed by atoms with Gasteiger partial charge in [0.15, 0.2) is 0 Å². The number of hydrogen-bond acceptors (Lipinski definition) is 3. The summed E-state index contributed by atoms with van der Waals surface area (Å²) in [7, 11) is -4.48. The van der Waals surface area contributed by atoms with Gasteiger partial charge in [-0.3, -0.25) is 4.79 Å². The Morgan fingerprint density at radius 3 is 2.71 bits per heavy atom. The first kappa shape index (κ1) is 14.4. The van der Waals surface area contributed by atoms with Gasteiger partial charge >= 0.3 is 10.2 Å². The van der Waals surface area contributed by atoms with Crippen LogP contribution in [-0.4, -0.2) is 37.6 Å².